The molecular formula is C11H9N. The van der Waals surface area contributed by atoms with Gasteiger partial charge in [-0.05, 0) is 23.3 Å². The zero-order valence-corrected chi connectivity index (χ0v) is 6.64. The second-order valence-corrected chi connectivity index (χ2v) is 2.65. The molecule has 0 aliphatic carbocycles. The van der Waals surface area contributed by atoms with Crippen LogP contribution in [-0.4, -0.2) is 6.21 Å². The summed E-state index contributed by atoms with van der Waals surface area (Å²) in [5, 5.41) is 0. The number of hydrogen-bond donors (Lipinski definition) is 0. The molecular weight excluding hydrogens is 146 g/mol. The normalized spacial score (nSPS) is 17.5. The minimum absolute atomic E-state index is 1.15. The highest BCUT2D eigenvalue weighted by Crippen LogP contribution is 2.08. The summed E-state index contributed by atoms with van der Waals surface area (Å²) in [5.74, 6) is 0. The van der Waals surface area contributed by atoms with Crippen molar-refractivity contribution >= 4 is 12.3 Å². The average Bonchev–Trinajstić information content (AvgIpc) is 2.59. The summed E-state index contributed by atoms with van der Waals surface area (Å²) >= 11 is 0. The van der Waals surface area contributed by atoms with Gasteiger partial charge in [0.1, 0.15) is 0 Å². The Morgan fingerprint density at radius 2 is 1.92 bits per heavy atom. The zero-order chi connectivity index (χ0) is 8.23. The lowest BCUT2D eigenvalue weighted by Gasteiger charge is -1.91. The maximum atomic E-state index is 3.99. The fourth-order valence-electron chi connectivity index (χ4n) is 1.13. The molecule has 1 heteroatoms. The van der Waals surface area contributed by atoms with Crippen molar-refractivity contribution in [2.75, 3.05) is 0 Å². The third-order valence-electron chi connectivity index (χ3n) is 1.71. The van der Waals surface area contributed by atoms with Crippen LogP contribution < -0.4 is 0 Å². The van der Waals surface area contributed by atoms with Gasteiger partial charge in [0.05, 0.1) is 0 Å². The molecule has 0 amide bonds. The van der Waals surface area contributed by atoms with Crippen LogP contribution in [-0.2, 0) is 0 Å². The van der Waals surface area contributed by atoms with E-state index in [-0.39, 0.29) is 0 Å². The minimum atomic E-state index is 1.15. The Morgan fingerprint density at radius 3 is 2.58 bits per heavy atom. The molecule has 1 heterocycles. The number of nitrogens with zero attached hydrogens (tertiary/aromatic N) is 1. The first-order valence-corrected chi connectivity index (χ1v) is 3.92. The van der Waals surface area contributed by atoms with E-state index in [1.165, 1.54) is 5.56 Å². The van der Waals surface area contributed by atoms with Gasteiger partial charge in [0.15, 0.2) is 0 Å². The highest BCUT2D eigenvalue weighted by atomic mass is 14.7. The molecule has 0 unspecified atom stereocenters. The van der Waals surface area contributed by atoms with E-state index in [1.54, 1.807) is 6.20 Å². The third kappa shape index (κ3) is 1.51. The van der Waals surface area contributed by atoms with E-state index in [1.807, 2.05) is 30.5 Å². The molecule has 0 spiro atoms. The van der Waals surface area contributed by atoms with E-state index in [0.29, 0.717) is 0 Å². The van der Waals surface area contributed by atoms with Gasteiger partial charge >= 0.3 is 0 Å². The van der Waals surface area contributed by atoms with Crippen LogP contribution in [0, 0.1) is 0 Å². The smallest absolute Gasteiger partial charge is 0.0341 e. The summed E-state index contributed by atoms with van der Waals surface area (Å²) in [5.41, 5.74) is 2.37. The Kier molecular flexibility index (Phi) is 1.87. The fraction of sp³-hybridized carbons (Fsp3) is 0. The third-order valence-corrected chi connectivity index (χ3v) is 1.71. The van der Waals surface area contributed by atoms with Gasteiger partial charge in [0.25, 0.3) is 0 Å². The molecule has 1 aromatic carbocycles. The van der Waals surface area contributed by atoms with Crippen LogP contribution in [0.4, 0.5) is 0 Å². The van der Waals surface area contributed by atoms with Crippen LogP contribution in [0.2, 0.25) is 0 Å². The van der Waals surface area contributed by atoms with Gasteiger partial charge in [0.2, 0.25) is 0 Å². The molecule has 2 rings (SSSR count). The van der Waals surface area contributed by atoms with Crippen LogP contribution in [0.5, 0.6) is 0 Å². The maximum absolute atomic E-state index is 3.99. The van der Waals surface area contributed by atoms with E-state index in [2.05, 4.69) is 23.2 Å². The fourth-order valence-corrected chi connectivity index (χ4v) is 1.13. The summed E-state index contributed by atoms with van der Waals surface area (Å²) in [6, 6.07) is 10.2. The van der Waals surface area contributed by atoms with Gasteiger partial charge < -0.3 is 0 Å². The lowest BCUT2D eigenvalue weighted by molar-refractivity contribution is 1.65. The molecule has 1 aliphatic rings. The van der Waals surface area contributed by atoms with Crippen molar-refractivity contribution < 1.29 is 0 Å². The van der Waals surface area contributed by atoms with Gasteiger partial charge in [-0.2, -0.15) is 0 Å². The number of rotatable bonds is 1. The van der Waals surface area contributed by atoms with Crippen molar-refractivity contribution in [3.8, 4) is 0 Å². The standard InChI is InChI=1S/C11H9N/c1-2-4-10(5-3-1)8-11-6-7-12-9-11/h1-9H. The topological polar surface area (TPSA) is 12.4 Å². The van der Waals surface area contributed by atoms with E-state index >= 15 is 0 Å². The van der Waals surface area contributed by atoms with Gasteiger partial charge in [-0.25, -0.2) is 0 Å². The summed E-state index contributed by atoms with van der Waals surface area (Å²) in [6.45, 7) is 0. The lowest BCUT2D eigenvalue weighted by Crippen LogP contribution is -1.75. The second-order valence-electron chi connectivity index (χ2n) is 2.65. The molecule has 58 valence electrons. The first-order valence-electron chi connectivity index (χ1n) is 3.92. The Balaban J connectivity index is 2.29. The predicted molar refractivity (Wildman–Crippen MR) is 52.1 cm³/mol. The van der Waals surface area contributed by atoms with Crippen LogP contribution >= 0.6 is 0 Å². The van der Waals surface area contributed by atoms with E-state index in [9.17, 15) is 0 Å². The molecule has 0 aromatic heterocycles. The van der Waals surface area contributed by atoms with Crippen molar-refractivity contribution in [3.05, 3.63) is 53.7 Å². The molecule has 0 saturated heterocycles. The average molecular weight is 155 g/mol. The predicted octanol–water partition coefficient (Wildman–Crippen LogP) is 2.67. The highest BCUT2D eigenvalue weighted by molar-refractivity contribution is 5.91. The molecule has 0 fully saturated rings. The number of benzene rings is 1. The van der Waals surface area contributed by atoms with Gasteiger partial charge in [-0.3, -0.25) is 4.99 Å². The van der Waals surface area contributed by atoms with Crippen LogP contribution in [0.1, 0.15) is 5.56 Å². The molecule has 1 aromatic rings. The SMILES string of the molecule is C1=CC(=Cc2ccccc2)C=N1. The van der Waals surface area contributed by atoms with Gasteiger partial charge in [-0.1, -0.05) is 30.3 Å². The van der Waals surface area contributed by atoms with E-state index < -0.39 is 0 Å². The Morgan fingerprint density at radius 1 is 1.08 bits per heavy atom. The molecule has 1 nitrogen and oxygen atoms in total. The van der Waals surface area contributed by atoms with Crippen molar-refractivity contribution in [3.63, 3.8) is 0 Å². The van der Waals surface area contributed by atoms with Crippen molar-refractivity contribution in [1.82, 2.24) is 0 Å². The second kappa shape index (κ2) is 3.18. The van der Waals surface area contributed by atoms with Crippen molar-refractivity contribution in [2.45, 2.75) is 0 Å². The van der Waals surface area contributed by atoms with E-state index in [0.717, 1.165) is 5.57 Å². The summed E-state index contributed by atoms with van der Waals surface area (Å²) < 4.78 is 0. The first kappa shape index (κ1) is 7.04. The summed E-state index contributed by atoms with van der Waals surface area (Å²) in [4.78, 5) is 3.99. The summed E-state index contributed by atoms with van der Waals surface area (Å²) in [7, 11) is 0. The zero-order valence-electron chi connectivity index (χ0n) is 6.64. The van der Waals surface area contributed by atoms with E-state index in [4.69, 9.17) is 0 Å². The molecule has 0 bridgehead atoms. The monoisotopic (exact) mass is 155 g/mol. The van der Waals surface area contributed by atoms with Crippen LogP contribution in [0.3, 0.4) is 0 Å². The quantitative estimate of drug-likeness (QED) is 0.591. The highest BCUT2D eigenvalue weighted by Gasteiger charge is 1.92. The number of aliphatic imine (C=N–C) groups is 1. The van der Waals surface area contributed by atoms with Crippen LogP contribution in [0.15, 0.2) is 53.2 Å². The molecule has 1 aliphatic heterocycles. The maximum Gasteiger partial charge on any atom is 0.0341 e. The minimum Gasteiger partial charge on any atom is -0.264 e. The molecule has 0 saturated carbocycles. The Hall–Kier alpha value is -1.63. The largest absolute Gasteiger partial charge is 0.264 e. The first-order chi connectivity index (χ1) is 5.95. The molecule has 0 N–H and O–H groups in total. The molecule has 0 atom stereocenters. The van der Waals surface area contributed by atoms with Crippen LogP contribution in [0.25, 0.3) is 6.08 Å². The molecule has 0 radical (unpaired) electrons. The number of allylic oxidation sites excluding steroid dienone is 2. The van der Waals surface area contributed by atoms with Gasteiger partial charge in [-0.15, -0.1) is 0 Å². The molecule has 12 heavy (non-hydrogen) atoms. The number of hydrogen-bond acceptors (Lipinski definition) is 1. The van der Waals surface area contributed by atoms with Crippen molar-refractivity contribution in [1.29, 1.82) is 0 Å². The Labute approximate surface area is 71.8 Å². The summed E-state index contributed by atoms with van der Waals surface area (Å²) in [6.07, 6.45) is 7.75. The lowest BCUT2D eigenvalue weighted by atomic mass is 10.1. The Bertz CT molecular complexity index is 331. The van der Waals surface area contributed by atoms with Gasteiger partial charge in [0, 0.05) is 12.4 Å². The van der Waals surface area contributed by atoms with Crippen molar-refractivity contribution in [2.24, 2.45) is 4.99 Å².